The lowest BCUT2D eigenvalue weighted by Crippen LogP contribution is -2.28. The van der Waals surface area contributed by atoms with Gasteiger partial charge in [0.15, 0.2) is 0 Å². The lowest BCUT2D eigenvalue weighted by Gasteiger charge is -2.14. The standard InChI is InChI=1S/C11H18N2O2S/c1-3-16(14,15)13-9(2)11-6-4-10(8-12)5-7-11/h4-7,9,13H,3,8,12H2,1-2H3. The Morgan fingerprint density at radius 1 is 1.31 bits per heavy atom. The van der Waals surface area contributed by atoms with Gasteiger partial charge in [-0.1, -0.05) is 24.3 Å². The van der Waals surface area contributed by atoms with Crippen LogP contribution in [0, 0.1) is 0 Å². The molecule has 0 amide bonds. The number of nitrogens with two attached hydrogens (primary N) is 1. The van der Waals surface area contributed by atoms with Crippen molar-refractivity contribution in [1.82, 2.24) is 4.72 Å². The van der Waals surface area contributed by atoms with Gasteiger partial charge in [0.1, 0.15) is 0 Å². The predicted molar refractivity (Wildman–Crippen MR) is 65.3 cm³/mol. The molecule has 1 atom stereocenters. The Balaban J connectivity index is 2.77. The molecule has 0 aromatic heterocycles. The highest BCUT2D eigenvalue weighted by atomic mass is 32.2. The fourth-order valence-electron chi connectivity index (χ4n) is 1.36. The highest BCUT2D eigenvalue weighted by Crippen LogP contribution is 2.14. The van der Waals surface area contributed by atoms with Crippen LogP contribution >= 0.6 is 0 Å². The average Bonchev–Trinajstić information content (AvgIpc) is 2.28. The number of nitrogens with one attached hydrogen (secondary N) is 1. The third kappa shape index (κ3) is 3.59. The molecule has 16 heavy (non-hydrogen) atoms. The van der Waals surface area contributed by atoms with Crippen molar-refractivity contribution in [3.8, 4) is 0 Å². The smallest absolute Gasteiger partial charge is 0.211 e. The molecule has 0 saturated carbocycles. The van der Waals surface area contributed by atoms with Crippen molar-refractivity contribution in [3.05, 3.63) is 35.4 Å². The van der Waals surface area contributed by atoms with Crippen LogP contribution in [0.1, 0.15) is 31.0 Å². The maximum Gasteiger partial charge on any atom is 0.211 e. The van der Waals surface area contributed by atoms with E-state index in [1.54, 1.807) is 6.92 Å². The van der Waals surface area contributed by atoms with E-state index >= 15 is 0 Å². The predicted octanol–water partition coefficient (Wildman–Crippen LogP) is 1.15. The van der Waals surface area contributed by atoms with Gasteiger partial charge >= 0.3 is 0 Å². The van der Waals surface area contributed by atoms with Gasteiger partial charge < -0.3 is 5.73 Å². The third-order valence-corrected chi connectivity index (χ3v) is 3.92. The second kappa shape index (κ2) is 5.43. The summed E-state index contributed by atoms with van der Waals surface area (Å²) in [5.74, 6) is 0.0955. The summed E-state index contributed by atoms with van der Waals surface area (Å²) in [5, 5.41) is 0. The molecule has 0 aliphatic rings. The Hall–Kier alpha value is -0.910. The SMILES string of the molecule is CCS(=O)(=O)NC(C)c1ccc(CN)cc1. The molecular weight excluding hydrogens is 224 g/mol. The van der Waals surface area contributed by atoms with E-state index < -0.39 is 10.0 Å². The van der Waals surface area contributed by atoms with E-state index in [4.69, 9.17) is 5.73 Å². The Kier molecular flexibility index (Phi) is 4.46. The summed E-state index contributed by atoms with van der Waals surface area (Å²) in [7, 11) is -3.16. The van der Waals surface area contributed by atoms with Crippen molar-refractivity contribution >= 4 is 10.0 Å². The van der Waals surface area contributed by atoms with Crippen molar-refractivity contribution < 1.29 is 8.42 Å². The molecule has 0 spiro atoms. The molecule has 1 aromatic rings. The van der Waals surface area contributed by atoms with E-state index in [2.05, 4.69) is 4.72 Å². The van der Waals surface area contributed by atoms with Gasteiger partial charge in [0.2, 0.25) is 10.0 Å². The van der Waals surface area contributed by atoms with Gasteiger partial charge in [0.05, 0.1) is 5.75 Å². The fraction of sp³-hybridized carbons (Fsp3) is 0.455. The number of hydrogen-bond acceptors (Lipinski definition) is 3. The largest absolute Gasteiger partial charge is 0.326 e. The Morgan fingerprint density at radius 3 is 2.31 bits per heavy atom. The molecule has 1 rings (SSSR count). The van der Waals surface area contributed by atoms with Crippen molar-refractivity contribution in [2.24, 2.45) is 5.73 Å². The van der Waals surface area contributed by atoms with Crippen molar-refractivity contribution in [3.63, 3.8) is 0 Å². The molecule has 0 aliphatic heterocycles. The Labute approximate surface area is 96.9 Å². The highest BCUT2D eigenvalue weighted by Gasteiger charge is 2.13. The monoisotopic (exact) mass is 242 g/mol. The van der Waals surface area contributed by atoms with Gasteiger partial charge in [-0.05, 0) is 25.0 Å². The molecule has 1 aromatic carbocycles. The van der Waals surface area contributed by atoms with Gasteiger partial charge in [0, 0.05) is 12.6 Å². The summed E-state index contributed by atoms with van der Waals surface area (Å²) in [5.41, 5.74) is 7.46. The fourth-order valence-corrected chi connectivity index (χ4v) is 2.20. The highest BCUT2D eigenvalue weighted by molar-refractivity contribution is 7.89. The number of sulfonamides is 1. The molecular formula is C11H18N2O2S. The summed E-state index contributed by atoms with van der Waals surface area (Å²) in [6.07, 6.45) is 0. The number of rotatable bonds is 5. The summed E-state index contributed by atoms with van der Waals surface area (Å²) in [4.78, 5) is 0. The number of benzene rings is 1. The second-order valence-corrected chi connectivity index (χ2v) is 5.73. The summed E-state index contributed by atoms with van der Waals surface area (Å²) in [6, 6.07) is 7.39. The average molecular weight is 242 g/mol. The lowest BCUT2D eigenvalue weighted by atomic mass is 10.1. The van der Waals surface area contributed by atoms with E-state index in [1.165, 1.54) is 0 Å². The first-order chi connectivity index (χ1) is 7.48. The van der Waals surface area contributed by atoms with Crippen LogP contribution in [0.2, 0.25) is 0 Å². The molecule has 0 saturated heterocycles. The lowest BCUT2D eigenvalue weighted by molar-refractivity contribution is 0.568. The molecule has 0 radical (unpaired) electrons. The Bertz CT molecular complexity index is 426. The summed E-state index contributed by atoms with van der Waals surface area (Å²) in [6.45, 7) is 3.94. The van der Waals surface area contributed by atoms with Gasteiger partial charge in [0.25, 0.3) is 0 Å². The third-order valence-electron chi connectivity index (χ3n) is 2.45. The van der Waals surface area contributed by atoms with Crippen LogP contribution in [-0.2, 0) is 16.6 Å². The summed E-state index contributed by atoms with van der Waals surface area (Å²) >= 11 is 0. The minimum atomic E-state index is -3.16. The second-order valence-electron chi connectivity index (χ2n) is 3.69. The Morgan fingerprint density at radius 2 is 1.88 bits per heavy atom. The molecule has 4 nitrogen and oxygen atoms in total. The van der Waals surface area contributed by atoms with E-state index in [9.17, 15) is 8.42 Å². The van der Waals surface area contributed by atoms with E-state index in [0.29, 0.717) is 6.54 Å². The molecule has 3 N–H and O–H groups in total. The maximum atomic E-state index is 11.4. The molecule has 5 heteroatoms. The quantitative estimate of drug-likeness (QED) is 0.813. The van der Waals surface area contributed by atoms with Crippen LogP contribution in [0.3, 0.4) is 0 Å². The zero-order valence-electron chi connectivity index (χ0n) is 9.60. The minimum Gasteiger partial charge on any atom is -0.326 e. The van der Waals surface area contributed by atoms with E-state index in [-0.39, 0.29) is 11.8 Å². The minimum absolute atomic E-state index is 0.0955. The summed E-state index contributed by atoms with van der Waals surface area (Å²) < 4.78 is 25.4. The van der Waals surface area contributed by atoms with Crippen LogP contribution in [0.5, 0.6) is 0 Å². The van der Waals surface area contributed by atoms with Crippen LogP contribution in [0.4, 0.5) is 0 Å². The van der Waals surface area contributed by atoms with E-state index in [0.717, 1.165) is 11.1 Å². The molecule has 0 aliphatic carbocycles. The van der Waals surface area contributed by atoms with Crippen LogP contribution in [0.15, 0.2) is 24.3 Å². The number of hydrogen-bond donors (Lipinski definition) is 2. The van der Waals surface area contributed by atoms with Gasteiger partial charge in [-0.2, -0.15) is 0 Å². The molecule has 0 fully saturated rings. The first kappa shape index (κ1) is 13.2. The van der Waals surface area contributed by atoms with Gasteiger partial charge in [-0.25, -0.2) is 13.1 Å². The zero-order valence-corrected chi connectivity index (χ0v) is 10.4. The molecule has 0 heterocycles. The van der Waals surface area contributed by atoms with Crippen LogP contribution in [0.25, 0.3) is 0 Å². The van der Waals surface area contributed by atoms with Crippen LogP contribution < -0.4 is 10.5 Å². The van der Waals surface area contributed by atoms with Crippen molar-refractivity contribution in [1.29, 1.82) is 0 Å². The normalized spacial score (nSPS) is 13.7. The zero-order chi connectivity index (χ0) is 12.2. The van der Waals surface area contributed by atoms with E-state index in [1.807, 2.05) is 31.2 Å². The topological polar surface area (TPSA) is 72.2 Å². The first-order valence-corrected chi connectivity index (χ1v) is 6.92. The van der Waals surface area contributed by atoms with Gasteiger partial charge in [-0.15, -0.1) is 0 Å². The maximum absolute atomic E-state index is 11.4. The molecule has 90 valence electrons. The first-order valence-electron chi connectivity index (χ1n) is 5.27. The van der Waals surface area contributed by atoms with Gasteiger partial charge in [-0.3, -0.25) is 0 Å². The van der Waals surface area contributed by atoms with Crippen molar-refractivity contribution in [2.75, 3.05) is 5.75 Å². The molecule has 1 unspecified atom stereocenters. The van der Waals surface area contributed by atoms with Crippen LogP contribution in [-0.4, -0.2) is 14.2 Å². The molecule has 0 bridgehead atoms. The van der Waals surface area contributed by atoms with Crippen molar-refractivity contribution in [2.45, 2.75) is 26.4 Å².